The number of nitrogens with zero attached hydrogens (tertiary/aromatic N) is 2. The molecule has 0 saturated heterocycles. The third-order valence-electron chi connectivity index (χ3n) is 6.05. The fourth-order valence-electron chi connectivity index (χ4n) is 4.24. The van der Waals surface area contributed by atoms with Gasteiger partial charge in [0.1, 0.15) is 10.7 Å². The molecule has 0 radical (unpaired) electrons. The van der Waals surface area contributed by atoms with Crippen LogP contribution in [0.15, 0.2) is 71.4 Å². The van der Waals surface area contributed by atoms with Crippen molar-refractivity contribution >= 4 is 75.5 Å². The van der Waals surface area contributed by atoms with E-state index in [9.17, 15) is 14.4 Å². The quantitative estimate of drug-likeness (QED) is 0.301. The summed E-state index contributed by atoms with van der Waals surface area (Å²) in [6, 6.07) is 17.4. The van der Waals surface area contributed by atoms with Crippen LogP contribution in [0.1, 0.15) is 21.5 Å². The van der Waals surface area contributed by atoms with E-state index >= 15 is 0 Å². The number of imide groups is 1. The van der Waals surface area contributed by atoms with Gasteiger partial charge >= 0.3 is 0 Å². The van der Waals surface area contributed by atoms with E-state index in [0.29, 0.717) is 24.3 Å². The van der Waals surface area contributed by atoms with Crippen LogP contribution < -0.4 is 10.2 Å². The maximum Gasteiger partial charge on any atom is 0.283 e. The van der Waals surface area contributed by atoms with Gasteiger partial charge in [-0.3, -0.25) is 14.4 Å². The predicted molar refractivity (Wildman–Crippen MR) is 142 cm³/mol. The van der Waals surface area contributed by atoms with Gasteiger partial charge in [0.25, 0.3) is 17.7 Å². The molecule has 10 heteroatoms. The van der Waals surface area contributed by atoms with Crippen molar-refractivity contribution in [2.24, 2.45) is 0 Å². The number of nitrogens with one attached hydrogen (secondary N) is 1. The highest BCUT2D eigenvalue weighted by Gasteiger charge is 2.40. The highest BCUT2D eigenvalue weighted by Crippen LogP contribution is 2.38. The summed E-state index contributed by atoms with van der Waals surface area (Å²) in [6.45, 7) is 1.13. The molecule has 182 valence electrons. The molecule has 6 nitrogen and oxygen atoms in total. The van der Waals surface area contributed by atoms with E-state index in [-0.39, 0.29) is 37.4 Å². The second-order valence-electron chi connectivity index (χ2n) is 8.30. The van der Waals surface area contributed by atoms with E-state index in [4.69, 9.17) is 46.4 Å². The maximum absolute atomic E-state index is 13.2. The van der Waals surface area contributed by atoms with Gasteiger partial charge in [0, 0.05) is 24.3 Å². The Morgan fingerprint density at radius 2 is 1.53 bits per heavy atom. The molecule has 3 aromatic carbocycles. The lowest BCUT2D eigenvalue weighted by atomic mass is 9.99. The number of hydrogen-bond acceptors (Lipinski definition) is 4. The maximum atomic E-state index is 13.2. The first kappa shape index (κ1) is 24.7. The van der Waals surface area contributed by atoms with Crippen molar-refractivity contribution in [1.29, 1.82) is 0 Å². The van der Waals surface area contributed by atoms with Gasteiger partial charge in [-0.2, -0.15) is 0 Å². The normalized spacial score (nSPS) is 15.4. The number of carbonyl (C=O) groups is 3. The van der Waals surface area contributed by atoms with Crippen LogP contribution in [-0.2, 0) is 22.6 Å². The Kier molecular flexibility index (Phi) is 6.70. The minimum Gasteiger partial charge on any atom is -0.350 e. The number of benzene rings is 3. The largest absolute Gasteiger partial charge is 0.350 e. The van der Waals surface area contributed by atoms with Gasteiger partial charge in [-0.25, -0.2) is 4.90 Å². The van der Waals surface area contributed by atoms with Crippen molar-refractivity contribution in [2.45, 2.75) is 13.0 Å². The van der Waals surface area contributed by atoms with E-state index in [2.05, 4.69) is 11.4 Å². The van der Waals surface area contributed by atoms with Crippen molar-refractivity contribution < 1.29 is 14.4 Å². The lowest BCUT2D eigenvalue weighted by molar-refractivity contribution is -0.120. The fraction of sp³-hybridized carbons (Fsp3) is 0.115. The highest BCUT2D eigenvalue weighted by molar-refractivity contribution is 6.54. The monoisotopic (exact) mass is 559 g/mol. The minimum absolute atomic E-state index is 0.0605. The van der Waals surface area contributed by atoms with E-state index in [1.807, 2.05) is 18.2 Å². The van der Waals surface area contributed by atoms with Crippen molar-refractivity contribution in [3.05, 3.63) is 103 Å². The zero-order chi connectivity index (χ0) is 25.6. The van der Waals surface area contributed by atoms with Crippen molar-refractivity contribution in [2.75, 3.05) is 16.8 Å². The Balaban J connectivity index is 1.37. The molecule has 5 rings (SSSR count). The Hall–Kier alpha value is -3.03. The molecule has 0 aromatic heterocycles. The molecule has 0 saturated carbocycles. The molecule has 0 bridgehead atoms. The SMILES string of the molecule is O=C(c1cccc(NC2=C(Cl)C(=O)N(c3cc(Cl)c(Cl)cc3Cl)C2=O)c1)N1CCc2ccccc2C1. The van der Waals surface area contributed by atoms with Gasteiger partial charge in [0.05, 0.1) is 20.8 Å². The first-order chi connectivity index (χ1) is 17.2. The minimum atomic E-state index is -0.760. The molecule has 3 aromatic rings. The molecule has 2 aliphatic rings. The second kappa shape index (κ2) is 9.79. The lowest BCUT2D eigenvalue weighted by Gasteiger charge is -2.29. The molecule has 2 heterocycles. The first-order valence-corrected chi connectivity index (χ1v) is 12.4. The Morgan fingerprint density at radius 1 is 0.806 bits per heavy atom. The van der Waals surface area contributed by atoms with Gasteiger partial charge in [0.2, 0.25) is 0 Å². The van der Waals surface area contributed by atoms with Gasteiger partial charge in [0.15, 0.2) is 0 Å². The zero-order valence-corrected chi connectivity index (χ0v) is 21.5. The Bertz CT molecular complexity index is 1470. The van der Waals surface area contributed by atoms with E-state index in [1.54, 1.807) is 29.2 Å². The molecule has 2 aliphatic heterocycles. The predicted octanol–water partition coefficient (Wildman–Crippen LogP) is 6.28. The van der Waals surface area contributed by atoms with Crippen molar-refractivity contribution in [1.82, 2.24) is 4.90 Å². The molecule has 1 N–H and O–H groups in total. The third-order valence-corrected chi connectivity index (χ3v) is 7.43. The number of amides is 3. The van der Waals surface area contributed by atoms with Crippen LogP contribution in [0, 0.1) is 0 Å². The van der Waals surface area contributed by atoms with Gasteiger partial charge in [-0.1, -0.05) is 76.7 Å². The van der Waals surface area contributed by atoms with E-state index < -0.39 is 11.8 Å². The van der Waals surface area contributed by atoms with Crippen LogP contribution in [0.4, 0.5) is 11.4 Å². The molecule has 0 atom stereocenters. The summed E-state index contributed by atoms with van der Waals surface area (Å²) in [5, 5.41) is 2.95. The standard InChI is InChI=1S/C26H17Cl4N3O3/c27-18-11-20(29)21(12-19(18)28)33-25(35)22(30)23(26(33)36)31-17-7-3-6-15(10-17)24(34)32-9-8-14-4-1-2-5-16(14)13-32/h1-7,10-12,31H,8-9,13H2. The van der Waals surface area contributed by atoms with Gasteiger partial charge in [-0.15, -0.1) is 0 Å². The summed E-state index contributed by atoms with van der Waals surface area (Å²) < 4.78 is 0. The van der Waals surface area contributed by atoms with Crippen LogP contribution >= 0.6 is 46.4 Å². The van der Waals surface area contributed by atoms with Gasteiger partial charge in [-0.05, 0) is 47.9 Å². The number of carbonyl (C=O) groups excluding carboxylic acids is 3. The molecular formula is C26H17Cl4N3O3. The fourth-order valence-corrected chi connectivity index (χ4v) is 5.08. The number of halogens is 4. The van der Waals surface area contributed by atoms with Crippen LogP contribution in [0.25, 0.3) is 0 Å². The topological polar surface area (TPSA) is 69.7 Å². The van der Waals surface area contributed by atoms with Crippen LogP contribution in [0.5, 0.6) is 0 Å². The highest BCUT2D eigenvalue weighted by atomic mass is 35.5. The summed E-state index contributed by atoms with van der Waals surface area (Å²) in [7, 11) is 0. The molecular weight excluding hydrogens is 544 g/mol. The molecule has 0 unspecified atom stereocenters. The van der Waals surface area contributed by atoms with Gasteiger partial charge < -0.3 is 10.2 Å². The van der Waals surface area contributed by atoms with Crippen LogP contribution in [-0.4, -0.2) is 29.2 Å². The zero-order valence-electron chi connectivity index (χ0n) is 18.5. The number of rotatable bonds is 4. The molecule has 0 spiro atoms. The van der Waals surface area contributed by atoms with Crippen molar-refractivity contribution in [3.8, 4) is 0 Å². The van der Waals surface area contributed by atoms with E-state index in [1.165, 1.54) is 17.7 Å². The number of hydrogen-bond donors (Lipinski definition) is 1. The number of fused-ring (bicyclic) bond motifs is 1. The Labute approximate surface area is 227 Å². The summed E-state index contributed by atoms with van der Waals surface area (Å²) in [5.41, 5.74) is 3.16. The lowest BCUT2D eigenvalue weighted by Crippen LogP contribution is -2.36. The summed E-state index contributed by atoms with van der Waals surface area (Å²) in [5.74, 6) is -1.61. The number of anilines is 2. The van der Waals surface area contributed by atoms with Crippen LogP contribution in [0.3, 0.4) is 0 Å². The van der Waals surface area contributed by atoms with Crippen molar-refractivity contribution in [3.63, 3.8) is 0 Å². The van der Waals surface area contributed by atoms with Crippen LogP contribution in [0.2, 0.25) is 15.1 Å². The average Bonchev–Trinajstić information content (AvgIpc) is 3.08. The van der Waals surface area contributed by atoms with E-state index in [0.717, 1.165) is 16.9 Å². The average molecular weight is 561 g/mol. The molecule has 3 amide bonds. The molecule has 0 fully saturated rings. The molecule has 0 aliphatic carbocycles. The third kappa shape index (κ3) is 4.46. The Morgan fingerprint density at radius 3 is 2.31 bits per heavy atom. The summed E-state index contributed by atoms with van der Waals surface area (Å²) >= 11 is 24.5. The first-order valence-electron chi connectivity index (χ1n) is 10.9. The summed E-state index contributed by atoms with van der Waals surface area (Å²) in [6.07, 6.45) is 0.784. The summed E-state index contributed by atoms with van der Waals surface area (Å²) in [4.78, 5) is 41.8. The molecule has 36 heavy (non-hydrogen) atoms. The smallest absolute Gasteiger partial charge is 0.283 e. The second-order valence-corrected chi connectivity index (χ2v) is 9.90.